The highest BCUT2D eigenvalue weighted by Gasteiger charge is 2.09. The summed E-state index contributed by atoms with van der Waals surface area (Å²) in [6.07, 6.45) is 3.68. The summed E-state index contributed by atoms with van der Waals surface area (Å²) in [5, 5.41) is 8.63. The Labute approximate surface area is 103 Å². The minimum atomic E-state index is 0.0876. The van der Waals surface area contributed by atoms with Crippen LogP contribution >= 0.6 is 0 Å². The molecular formula is C13H22N2O2. The summed E-state index contributed by atoms with van der Waals surface area (Å²) in [5.41, 5.74) is 1.21. The van der Waals surface area contributed by atoms with Crippen LogP contribution in [0.15, 0.2) is 24.5 Å². The highest BCUT2D eigenvalue weighted by Crippen LogP contribution is 2.06. The van der Waals surface area contributed by atoms with E-state index in [2.05, 4.69) is 29.8 Å². The molecule has 0 aliphatic carbocycles. The van der Waals surface area contributed by atoms with Crippen LogP contribution in [-0.2, 0) is 11.3 Å². The molecule has 1 heterocycles. The Morgan fingerprint density at radius 2 is 2.24 bits per heavy atom. The van der Waals surface area contributed by atoms with Gasteiger partial charge in [0, 0.05) is 31.5 Å². The minimum absolute atomic E-state index is 0.0876. The average Bonchev–Trinajstić information content (AvgIpc) is 2.34. The van der Waals surface area contributed by atoms with Crippen LogP contribution in [0.1, 0.15) is 19.4 Å². The van der Waals surface area contributed by atoms with Crippen LogP contribution in [0.4, 0.5) is 0 Å². The van der Waals surface area contributed by atoms with Crippen LogP contribution < -0.4 is 0 Å². The van der Waals surface area contributed by atoms with E-state index in [1.54, 1.807) is 6.20 Å². The number of nitrogens with zero attached hydrogens (tertiary/aromatic N) is 2. The van der Waals surface area contributed by atoms with Crippen molar-refractivity contribution in [3.8, 4) is 0 Å². The number of aliphatic hydroxyl groups is 1. The number of hydrogen-bond acceptors (Lipinski definition) is 4. The van der Waals surface area contributed by atoms with Gasteiger partial charge in [0.1, 0.15) is 0 Å². The topological polar surface area (TPSA) is 45.6 Å². The van der Waals surface area contributed by atoms with Crippen LogP contribution in [0.25, 0.3) is 0 Å². The van der Waals surface area contributed by atoms with Gasteiger partial charge in [0.25, 0.3) is 0 Å². The van der Waals surface area contributed by atoms with E-state index in [4.69, 9.17) is 9.84 Å². The molecule has 96 valence electrons. The summed E-state index contributed by atoms with van der Waals surface area (Å²) >= 11 is 0. The van der Waals surface area contributed by atoms with Crippen LogP contribution in [-0.4, -0.2) is 47.4 Å². The minimum Gasteiger partial charge on any atom is -0.394 e. The first-order valence-electron chi connectivity index (χ1n) is 6.05. The molecule has 0 saturated heterocycles. The Morgan fingerprint density at radius 1 is 1.41 bits per heavy atom. The highest BCUT2D eigenvalue weighted by atomic mass is 16.5. The predicted octanol–water partition coefficient (Wildman–Crippen LogP) is 1.30. The molecule has 0 unspecified atom stereocenters. The molecular weight excluding hydrogens is 216 g/mol. The first-order chi connectivity index (χ1) is 8.24. The van der Waals surface area contributed by atoms with E-state index in [0.29, 0.717) is 19.3 Å². The van der Waals surface area contributed by atoms with Crippen molar-refractivity contribution in [2.75, 3.05) is 26.4 Å². The van der Waals surface area contributed by atoms with Gasteiger partial charge in [-0.15, -0.1) is 0 Å². The van der Waals surface area contributed by atoms with E-state index >= 15 is 0 Å². The molecule has 4 nitrogen and oxygen atoms in total. The van der Waals surface area contributed by atoms with Gasteiger partial charge >= 0.3 is 0 Å². The first kappa shape index (κ1) is 14.1. The Hall–Kier alpha value is -0.970. The third-order valence-corrected chi connectivity index (χ3v) is 2.60. The molecule has 0 aromatic carbocycles. The standard InChI is InChI=1S/C13H22N2O2/c1-12(2)15(6-8-17-9-7-16)11-13-4-3-5-14-10-13/h3-5,10,12,16H,6-9,11H2,1-2H3. The maximum atomic E-state index is 8.63. The van der Waals surface area contributed by atoms with Gasteiger partial charge in [0.2, 0.25) is 0 Å². The predicted molar refractivity (Wildman–Crippen MR) is 67.7 cm³/mol. The molecule has 0 amide bonds. The number of aliphatic hydroxyl groups excluding tert-OH is 1. The van der Waals surface area contributed by atoms with Crippen molar-refractivity contribution in [2.45, 2.75) is 26.4 Å². The van der Waals surface area contributed by atoms with Gasteiger partial charge in [0.15, 0.2) is 0 Å². The molecule has 0 saturated carbocycles. The zero-order chi connectivity index (χ0) is 12.5. The van der Waals surface area contributed by atoms with Crippen molar-refractivity contribution in [2.24, 2.45) is 0 Å². The normalized spacial score (nSPS) is 11.4. The monoisotopic (exact) mass is 238 g/mol. The van der Waals surface area contributed by atoms with E-state index in [-0.39, 0.29) is 6.61 Å². The van der Waals surface area contributed by atoms with E-state index in [9.17, 15) is 0 Å². The lowest BCUT2D eigenvalue weighted by Crippen LogP contribution is -2.33. The van der Waals surface area contributed by atoms with E-state index in [1.807, 2.05) is 12.3 Å². The van der Waals surface area contributed by atoms with Crippen LogP contribution in [0.5, 0.6) is 0 Å². The number of pyridine rings is 1. The summed E-state index contributed by atoms with van der Waals surface area (Å²) in [6.45, 7) is 7.24. The molecule has 0 bridgehead atoms. The summed E-state index contributed by atoms with van der Waals surface area (Å²) in [5.74, 6) is 0. The zero-order valence-electron chi connectivity index (χ0n) is 10.7. The Balaban J connectivity index is 2.38. The summed E-state index contributed by atoms with van der Waals surface area (Å²) in [6, 6.07) is 4.50. The fourth-order valence-electron chi connectivity index (χ4n) is 1.59. The second kappa shape index (κ2) is 8.17. The maximum Gasteiger partial charge on any atom is 0.0698 e. The molecule has 4 heteroatoms. The van der Waals surface area contributed by atoms with E-state index in [1.165, 1.54) is 5.56 Å². The van der Waals surface area contributed by atoms with Gasteiger partial charge in [-0.2, -0.15) is 0 Å². The van der Waals surface area contributed by atoms with E-state index < -0.39 is 0 Å². The van der Waals surface area contributed by atoms with Crippen molar-refractivity contribution >= 4 is 0 Å². The highest BCUT2D eigenvalue weighted by molar-refractivity contribution is 5.08. The fourth-order valence-corrected chi connectivity index (χ4v) is 1.59. The lowest BCUT2D eigenvalue weighted by molar-refractivity contribution is 0.0646. The van der Waals surface area contributed by atoms with Crippen molar-refractivity contribution in [3.05, 3.63) is 30.1 Å². The molecule has 0 fully saturated rings. The molecule has 1 N–H and O–H groups in total. The third-order valence-electron chi connectivity index (χ3n) is 2.60. The number of hydrogen-bond donors (Lipinski definition) is 1. The Kier molecular flexibility index (Phi) is 6.77. The lowest BCUT2D eigenvalue weighted by Gasteiger charge is -2.26. The molecule has 1 rings (SSSR count). The average molecular weight is 238 g/mol. The third kappa shape index (κ3) is 5.77. The number of rotatable bonds is 8. The van der Waals surface area contributed by atoms with Crippen LogP contribution in [0.3, 0.4) is 0 Å². The zero-order valence-corrected chi connectivity index (χ0v) is 10.7. The molecule has 1 aromatic rings. The summed E-state index contributed by atoms with van der Waals surface area (Å²) in [4.78, 5) is 6.44. The SMILES string of the molecule is CC(C)N(CCOCCO)Cc1cccnc1. The number of ether oxygens (including phenoxy) is 1. The lowest BCUT2D eigenvalue weighted by atomic mass is 10.2. The fraction of sp³-hybridized carbons (Fsp3) is 0.615. The molecule has 0 aliphatic heterocycles. The molecule has 0 atom stereocenters. The van der Waals surface area contributed by atoms with Gasteiger partial charge in [-0.3, -0.25) is 9.88 Å². The Morgan fingerprint density at radius 3 is 2.82 bits per heavy atom. The Bertz CT molecular complexity index is 291. The summed E-state index contributed by atoms with van der Waals surface area (Å²) in [7, 11) is 0. The van der Waals surface area contributed by atoms with Crippen molar-refractivity contribution in [1.82, 2.24) is 9.88 Å². The van der Waals surface area contributed by atoms with Gasteiger partial charge in [-0.1, -0.05) is 6.07 Å². The second-order valence-electron chi connectivity index (χ2n) is 4.26. The largest absolute Gasteiger partial charge is 0.394 e. The van der Waals surface area contributed by atoms with Crippen molar-refractivity contribution in [1.29, 1.82) is 0 Å². The quantitative estimate of drug-likeness (QED) is 0.693. The smallest absolute Gasteiger partial charge is 0.0698 e. The number of aromatic nitrogens is 1. The van der Waals surface area contributed by atoms with E-state index in [0.717, 1.165) is 13.1 Å². The van der Waals surface area contributed by atoms with Crippen molar-refractivity contribution < 1.29 is 9.84 Å². The molecule has 1 aromatic heterocycles. The van der Waals surface area contributed by atoms with Gasteiger partial charge in [-0.05, 0) is 25.5 Å². The first-order valence-corrected chi connectivity index (χ1v) is 6.05. The molecule has 0 aliphatic rings. The van der Waals surface area contributed by atoms with Crippen molar-refractivity contribution in [3.63, 3.8) is 0 Å². The maximum absolute atomic E-state index is 8.63. The van der Waals surface area contributed by atoms with Crippen LogP contribution in [0.2, 0.25) is 0 Å². The van der Waals surface area contributed by atoms with Crippen LogP contribution in [0, 0.1) is 0 Å². The summed E-state index contributed by atoms with van der Waals surface area (Å²) < 4.78 is 5.29. The second-order valence-corrected chi connectivity index (χ2v) is 4.26. The molecule has 0 radical (unpaired) electrons. The van der Waals surface area contributed by atoms with Gasteiger partial charge in [0.05, 0.1) is 19.8 Å². The molecule has 17 heavy (non-hydrogen) atoms. The van der Waals surface area contributed by atoms with Gasteiger partial charge in [-0.25, -0.2) is 0 Å². The van der Waals surface area contributed by atoms with Gasteiger partial charge < -0.3 is 9.84 Å². The molecule has 0 spiro atoms.